The third kappa shape index (κ3) is 6.07. The van der Waals surface area contributed by atoms with E-state index in [0.717, 1.165) is 10.5 Å². The lowest BCUT2D eigenvalue weighted by atomic mass is 10.1. The van der Waals surface area contributed by atoms with E-state index in [4.69, 9.17) is 16.3 Å². The summed E-state index contributed by atoms with van der Waals surface area (Å²) in [7, 11) is 0. The Morgan fingerprint density at radius 2 is 1.65 bits per heavy atom. The van der Waals surface area contributed by atoms with E-state index in [1.54, 1.807) is 24.3 Å². The van der Waals surface area contributed by atoms with Crippen LogP contribution >= 0.6 is 34.7 Å². The summed E-state index contributed by atoms with van der Waals surface area (Å²) in [4.78, 5) is 14.1. The maximum Gasteiger partial charge on any atom is 0.244 e. The second-order valence-corrected chi connectivity index (χ2v) is 9.13. The Morgan fingerprint density at radius 3 is 2.35 bits per heavy atom. The summed E-state index contributed by atoms with van der Waals surface area (Å²) in [5.74, 6) is 0.537. The van der Waals surface area contributed by atoms with Crippen molar-refractivity contribution >= 4 is 45.7 Å². The molecule has 156 valence electrons. The molecule has 1 heterocycles. The van der Waals surface area contributed by atoms with Gasteiger partial charge in [-0.1, -0.05) is 71.5 Å². The van der Waals surface area contributed by atoms with E-state index in [2.05, 4.69) is 15.5 Å². The number of benzene rings is 3. The first-order chi connectivity index (χ1) is 15.2. The second-order valence-electron chi connectivity index (χ2n) is 6.45. The van der Waals surface area contributed by atoms with Gasteiger partial charge in [-0.05, 0) is 42.0 Å². The van der Waals surface area contributed by atoms with Gasteiger partial charge in [-0.15, -0.1) is 22.0 Å². The van der Waals surface area contributed by atoms with Crippen molar-refractivity contribution < 1.29 is 9.53 Å². The number of aromatic nitrogens is 2. The Balaban J connectivity index is 1.43. The predicted octanol–water partition coefficient (Wildman–Crippen LogP) is 6.24. The maximum absolute atomic E-state index is 13.1. The molecular weight excluding hydrogens is 450 g/mol. The van der Waals surface area contributed by atoms with Gasteiger partial charge in [-0.3, -0.25) is 10.1 Å². The van der Waals surface area contributed by atoms with E-state index in [1.807, 2.05) is 60.7 Å². The van der Waals surface area contributed by atoms with E-state index < -0.39 is 5.25 Å². The molecule has 0 spiro atoms. The van der Waals surface area contributed by atoms with Crippen LogP contribution in [0.2, 0.25) is 5.02 Å². The van der Waals surface area contributed by atoms with Crippen molar-refractivity contribution in [3.63, 3.8) is 0 Å². The molecule has 3 aromatic carbocycles. The minimum absolute atomic E-state index is 0.152. The quantitative estimate of drug-likeness (QED) is 0.310. The molecule has 1 unspecified atom stereocenters. The average Bonchev–Trinajstić information content (AvgIpc) is 3.25. The Bertz CT molecular complexity index is 1120. The van der Waals surface area contributed by atoms with Crippen molar-refractivity contribution in [2.24, 2.45) is 0 Å². The number of carbonyl (C=O) groups excluding carboxylic acids is 1. The second kappa shape index (κ2) is 10.4. The number of thioether (sulfide) groups is 1. The number of nitrogens with one attached hydrogen (secondary N) is 1. The summed E-state index contributed by atoms with van der Waals surface area (Å²) < 4.78 is 5.69. The van der Waals surface area contributed by atoms with Crippen LogP contribution in [0.1, 0.15) is 15.8 Å². The van der Waals surface area contributed by atoms with Crippen molar-refractivity contribution in [3.8, 4) is 5.75 Å². The summed E-state index contributed by atoms with van der Waals surface area (Å²) in [6.45, 7) is 0.260. The summed E-state index contributed by atoms with van der Waals surface area (Å²) in [6, 6.07) is 26.6. The molecule has 4 rings (SSSR count). The van der Waals surface area contributed by atoms with Gasteiger partial charge in [0.05, 0.1) is 0 Å². The van der Waals surface area contributed by atoms with Crippen LogP contribution in [0.3, 0.4) is 0 Å². The number of ether oxygens (including phenoxy) is 1. The molecule has 8 heteroatoms. The van der Waals surface area contributed by atoms with E-state index in [1.165, 1.54) is 23.1 Å². The Kier molecular flexibility index (Phi) is 7.19. The Hall–Kier alpha value is -2.87. The highest BCUT2D eigenvalue weighted by Crippen LogP contribution is 2.36. The molecule has 0 aliphatic carbocycles. The zero-order valence-electron chi connectivity index (χ0n) is 16.3. The van der Waals surface area contributed by atoms with Gasteiger partial charge in [0.2, 0.25) is 11.0 Å². The number of carbonyl (C=O) groups is 1. The molecule has 4 aromatic rings. The molecule has 0 saturated carbocycles. The van der Waals surface area contributed by atoms with Crippen molar-refractivity contribution in [1.29, 1.82) is 0 Å². The lowest BCUT2D eigenvalue weighted by Crippen LogP contribution is -2.18. The fourth-order valence-electron chi connectivity index (χ4n) is 2.75. The molecule has 5 nitrogen and oxygen atoms in total. The van der Waals surface area contributed by atoms with Crippen LogP contribution in [0.4, 0.5) is 5.13 Å². The molecular formula is C23H18ClN3O2S2. The minimum Gasteiger partial charge on any atom is -0.486 e. The molecule has 31 heavy (non-hydrogen) atoms. The number of hydrogen-bond acceptors (Lipinski definition) is 6. The van der Waals surface area contributed by atoms with Crippen LogP contribution in [0, 0.1) is 0 Å². The Labute approximate surface area is 193 Å². The number of hydrogen-bond donors (Lipinski definition) is 1. The smallest absolute Gasteiger partial charge is 0.244 e. The molecule has 1 atom stereocenters. The van der Waals surface area contributed by atoms with Crippen molar-refractivity contribution in [3.05, 3.63) is 101 Å². The van der Waals surface area contributed by atoms with E-state index in [9.17, 15) is 4.79 Å². The minimum atomic E-state index is -0.415. The number of halogens is 1. The van der Waals surface area contributed by atoms with E-state index in [0.29, 0.717) is 20.9 Å². The summed E-state index contributed by atoms with van der Waals surface area (Å²) in [5.41, 5.74) is 0.921. The SMILES string of the molecule is O=C(Nc1nnc(COc2ccc(Cl)cc2)s1)C(Sc1ccccc1)c1ccccc1. The van der Waals surface area contributed by atoms with Gasteiger partial charge in [-0.25, -0.2) is 0 Å². The van der Waals surface area contributed by atoms with Gasteiger partial charge in [0, 0.05) is 9.92 Å². The normalized spacial score (nSPS) is 11.6. The highest BCUT2D eigenvalue weighted by molar-refractivity contribution is 8.00. The number of nitrogens with zero attached hydrogens (tertiary/aromatic N) is 2. The van der Waals surface area contributed by atoms with Crippen molar-refractivity contribution in [1.82, 2.24) is 10.2 Å². The number of amides is 1. The van der Waals surface area contributed by atoms with Crippen LogP contribution in [0.15, 0.2) is 89.8 Å². The molecule has 0 saturated heterocycles. The third-order valence-electron chi connectivity index (χ3n) is 4.21. The van der Waals surface area contributed by atoms with Gasteiger partial charge in [0.15, 0.2) is 5.01 Å². The summed E-state index contributed by atoms with van der Waals surface area (Å²) >= 11 is 8.67. The lowest BCUT2D eigenvalue weighted by Gasteiger charge is -2.16. The fourth-order valence-corrected chi connectivity index (χ4v) is 4.57. The molecule has 0 radical (unpaired) electrons. The molecule has 1 aromatic heterocycles. The van der Waals surface area contributed by atoms with E-state index in [-0.39, 0.29) is 12.5 Å². The predicted molar refractivity (Wildman–Crippen MR) is 126 cm³/mol. The summed E-state index contributed by atoms with van der Waals surface area (Å²) in [5, 5.41) is 12.4. The zero-order chi connectivity index (χ0) is 21.5. The third-order valence-corrected chi connectivity index (χ3v) is 6.54. The van der Waals surface area contributed by atoms with Gasteiger partial charge in [-0.2, -0.15) is 0 Å². The lowest BCUT2D eigenvalue weighted by molar-refractivity contribution is -0.115. The highest BCUT2D eigenvalue weighted by atomic mass is 35.5. The topological polar surface area (TPSA) is 64.1 Å². The Morgan fingerprint density at radius 1 is 0.968 bits per heavy atom. The van der Waals surface area contributed by atoms with Crippen molar-refractivity contribution in [2.75, 3.05) is 5.32 Å². The van der Waals surface area contributed by atoms with E-state index >= 15 is 0 Å². The monoisotopic (exact) mass is 467 g/mol. The van der Waals surface area contributed by atoms with Crippen molar-refractivity contribution in [2.45, 2.75) is 16.8 Å². The number of anilines is 1. The van der Waals surface area contributed by atoms with Gasteiger partial charge in [0.1, 0.15) is 17.6 Å². The standard InChI is InChI=1S/C23H18ClN3O2S2/c24-17-11-13-18(14-12-17)29-15-20-26-27-23(31-20)25-22(28)21(16-7-3-1-4-8-16)30-19-9-5-2-6-10-19/h1-14,21H,15H2,(H,25,27,28). The number of rotatable bonds is 8. The molecule has 0 bridgehead atoms. The van der Waals surface area contributed by atoms with Gasteiger partial charge in [0.25, 0.3) is 0 Å². The average molecular weight is 468 g/mol. The molecule has 1 N–H and O–H groups in total. The molecule has 0 aliphatic heterocycles. The highest BCUT2D eigenvalue weighted by Gasteiger charge is 2.23. The van der Waals surface area contributed by atoms with Gasteiger partial charge < -0.3 is 4.74 Å². The van der Waals surface area contributed by atoms with Crippen LogP contribution in [-0.2, 0) is 11.4 Å². The maximum atomic E-state index is 13.1. The van der Waals surface area contributed by atoms with Gasteiger partial charge >= 0.3 is 0 Å². The first-order valence-electron chi connectivity index (χ1n) is 9.45. The first kappa shape index (κ1) is 21.4. The van der Waals surface area contributed by atoms with Crippen LogP contribution in [0.5, 0.6) is 5.75 Å². The molecule has 1 amide bonds. The fraction of sp³-hybridized carbons (Fsp3) is 0.0870. The molecule has 0 fully saturated rings. The zero-order valence-corrected chi connectivity index (χ0v) is 18.7. The largest absolute Gasteiger partial charge is 0.486 e. The molecule has 0 aliphatic rings. The van der Waals surface area contributed by atoms with Crippen LogP contribution in [-0.4, -0.2) is 16.1 Å². The van der Waals surface area contributed by atoms with Crippen LogP contribution in [0.25, 0.3) is 0 Å². The first-order valence-corrected chi connectivity index (χ1v) is 11.5. The summed E-state index contributed by atoms with van der Waals surface area (Å²) in [6.07, 6.45) is 0. The van der Waals surface area contributed by atoms with Crippen LogP contribution < -0.4 is 10.1 Å².